The van der Waals surface area contributed by atoms with Crippen LogP contribution in [0.3, 0.4) is 0 Å². The number of carbonyl (C=O) groups excluding carboxylic acids is 3. The molecular formula is C13H13FN2O3. The average Bonchev–Trinajstić information content (AvgIpc) is 2.67. The molecule has 1 aliphatic rings. The molecule has 0 spiro atoms. The summed E-state index contributed by atoms with van der Waals surface area (Å²) in [7, 11) is 0. The first kappa shape index (κ1) is 13.2. The molecule has 2 rings (SSSR count). The number of amides is 3. The van der Waals surface area contributed by atoms with E-state index in [2.05, 4.69) is 5.32 Å². The Morgan fingerprint density at radius 3 is 2.58 bits per heavy atom. The van der Waals surface area contributed by atoms with Gasteiger partial charge in [-0.05, 0) is 18.2 Å². The van der Waals surface area contributed by atoms with Gasteiger partial charge < -0.3 is 5.32 Å². The van der Waals surface area contributed by atoms with E-state index in [1.54, 1.807) is 6.07 Å². The molecule has 0 aliphatic carbocycles. The molecule has 1 fully saturated rings. The van der Waals surface area contributed by atoms with Gasteiger partial charge in [-0.2, -0.15) is 0 Å². The van der Waals surface area contributed by atoms with Crippen molar-refractivity contribution in [2.24, 2.45) is 0 Å². The maximum Gasteiger partial charge on any atom is 0.229 e. The fourth-order valence-corrected chi connectivity index (χ4v) is 1.88. The highest BCUT2D eigenvalue weighted by molar-refractivity contribution is 6.02. The molecule has 0 aromatic heterocycles. The van der Waals surface area contributed by atoms with Crippen molar-refractivity contribution in [2.75, 3.05) is 11.9 Å². The summed E-state index contributed by atoms with van der Waals surface area (Å²) in [6.07, 6.45) is 0.433. The van der Waals surface area contributed by atoms with E-state index in [9.17, 15) is 18.8 Å². The van der Waals surface area contributed by atoms with Crippen LogP contribution in [0.25, 0.3) is 0 Å². The van der Waals surface area contributed by atoms with Gasteiger partial charge in [-0.3, -0.25) is 19.3 Å². The highest BCUT2D eigenvalue weighted by atomic mass is 19.1. The average molecular weight is 264 g/mol. The Balaban J connectivity index is 1.85. The van der Waals surface area contributed by atoms with Gasteiger partial charge in [-0.25, -0.2) is 4.39 Å². The molecule has 5 nitrogen and oxygen atoms in total. The van der Waals surface area contributed by atoms with Crippen LogP contribution in [0.4, 0.5) is 10.1 Å². The normalized spacial score (nSPS) is 14.9. The van der Waals surface area contributed by atoms with Crippen LogP contribution in [0, 0.1) is 5.82 Å². The van der Waals surface area contributed by atoms with Crippen molar-refractivity contribution in [1.82, 2.24) is 4.90 Å². The van der Waals surface area contributed by atoms with Crippen molar-refractivity contribution < 1.29 is 18.8 Å². The first-order valence-electron chi connectivity index (χ1n) is 5.95. The van der Waals surface area contributed by atoms with Crippen LogP contribution in [0.1, 0.15) is 19.3 Å². The SMILES string of the molecule is O=C(CCN1C(=O)CCC1=O)Nc1cccc(F)c1. The minimum Gasteiger partial charge on any atom is -0.326 e. The third kappa shape index (κ3) is 3.37. The lowest BCUT2D eigenvalue weighted by atomic mass is 10.3. The second-order valence-corrected chi connectivity index (χ2v) is 4.25. The van der Waals surface area contributed by atoms with E-state index in [1.807, 2.05) is 0 Å². The number of nitrogens with zero attached hydrogens (tertiary/aromatic N) is 1. The van der Waals surface area contributed by atoms with Crippen molar-refractivity contribution in [2.45, 2.75) is 19.3 Å². The van der Waals surface area contributed by atoms with Crippen LogP contribution in [-0.4, -0.2) is 29.2 Å². The summed E-state index contributed by atoms with van der Waals surface area (Å²) in [5.74, 6) is -1.30. The summed E-state index contributed by atoms with van der Waals surface area (Å²) in [5.41, 5.74) is 0.351. The predicted molar refractivity (Wildman–Crippen MR) is 65.6 cm³/mol. The number of likely N-dealkylation sites (tertiary alicyclic amines) is 1. The van der Waals surface area contributed by atoms with Gasteiger partial charge in [0.15, 0.2) is 0 Å². The van der Waals surface area contributed by atoms with Crippen LogP contribution in [0.5, 0.6) is 0 Å². The van der Waals surface area contributed by atoms with E-state index >= 15 is 0 Å². The van der Waals surface area contributed by atoms with Crippen LogP contribution < -0.4 is 5.32 Å². The molecule has 0 bridgehead atoms. The zero-order valence-electron chi connectivity index (χ0n) is 10.2. The molecule has 1 saturated heterocycles. The van der Waals surface area contributed by atoms with Crippen molar-refractivity contribution in [3.8, 4) is 0 Å². The number of carbonyl (C=O) groups is 3. The van der Waals surface area contributed by atoms with Crippen molar-refractivity contribution in [3.05, 3.63) is 30.1 Å². The number of hydrogen-bond acceptors (Lipinski definition) is 3. The van der Waals surface area contributed by atoms with E-state index in [0.717, 1.165) is 4.90 Å². The third-order valence-corrected chi connectivity index (χ3v) is 2.83. The van der Waals surface area contributed by atoms with Crippen molar-refractivity contribution in [1.29, 1.82) is 0 Å². The molecule has 100 valence electrons. The maximum absolute atomic E-state index is 12.9. The molecule has 1 N–H and O–H groups in total. The summed E-state index contributed by atoms with van der Waals surface area (Å²) in [5, 5.41) is 2.51. The summed E-state index contributed by atoms with van der Waals surface area (Å²) in [6, 6.07) is 5.52. The van der Waals surface area contributed by atoms with Gasteiger partial charge in [-0.1, -0.05) is 6.07 Å². The van der Waals surface area contributed by atoms with E-state index in [0.29, 0.717) is 5.69 Å². The lowest BCUT2D eigenvalue weighted by Crippen LogP contribution is -2.32. The van der Waals surface area contributed by atoms with Crippen LogP contribution in [-0.2, 0) is 14.4 Å². The van der Waals surface area contributed by atoms with Gasteiger partial charge in [0.1, 0.15) is 5.82 Å². The third-order valence-electron chi connectivity index (χ3n) is 2.83. The predicted octanol–water partition coefficient (Wildman–Crippen LogP) is 1.30. The Hall–Kier alpha value is -2.24. The van der Waals surface area contributed by atoms with Gasteiger partial charge in [0.25, 0.3) is 0 Å². The highest BCUT2D eigenvalue weighted by Gasteiger charge is 2.28. The fourth-order valence-electron chi connectivity index (χ4n) is 1.88. The van der Waals surface area contributed by atoms with Gasteiger partial charge in [0, 0.05) is 31.5 Å². The van der Waals surface area contributed by atoms with E-state index in [1.165, 1.54) is 18.2 Å². The maximum atomic E-state index is 12.9. The van der Waals surface area contributed by atoms with Crippen LogP contribution in [0.15, 0.2) is 24.3 Å². The number of benzene rings is 1. The number of halogens is 1. The van der Waals surface area contributed by atoms with E-state index in [-0.39, 0.29) is 43.5 Å². The summed E-state index contributed by atoms with van der Waals surface area (Å²) >= 11 is 0. The van der Waals surface area contributed by atoms with Gasteiger partial charge >= 0.3 is 0 Å². The standard InChI is InChI=1S/C13H13FN2O3/c14-9-2-1-3-10(8-9)15-11(17)6-7-16-12(18)4-5-13(16)19/h1-3,8H,4-7H2,(H,15,17). The lowest BCUT2D eigenvalue weighted by Gasteiger charge is -2.13. The van der Waals surface area contributed by atoms with E-state index < -0.39 is 5.82 Å². The Morgan fingerprint density at radius 1 is 1.26 bits per heavy atom. The summed E-state index contributed by atoms with van der Waals surface area (Å²) in [6.45, 7) is 0.0683. The zero-order chi connectivity index (χ0) is 13.8. The number of hydrogen-bond donors (Lipinski definition) is 1. The molecular weight excluding hydrogens is 251 g/mol. The first-order valence-corrected chi connectivity index (χ1v) is 5.95. The number of imide groups is 1. The second-order valence-electron chi connectivity index (χ2n) is 4.25. The molecule has 1 aliphatic heterocycles. The molecule has 0 saturated carbocycles. The van der Waals surface area contributed by atoms with Crippen molar-refractivity contribution >= 4 is 23.4 Å². The molecule has 1 aromatic rings. The highest BCUT2D eigenvalue weighted by Crippen LogP contribution is 2.13. The topological polar surface area (TPSA) is 66.5 Å². The van der Waals surface area contributed by atoms with Gasteiger partial charge in [0.2, 0.25) is 17.7 Å². The minimum absolute atomic E-state index is 0.00793. The summed E-state index contributed by atoms with van der Waals surface area (Å²) < 4.78 is 12.9. The van der Waals surface area contributed by atoms with E-state index in [4.69, 9.17) is 0 Å². The van der Waals surface area contributed by atoms with Gasteiger partial charge in [-0.15, -0.1) is 0 Å². The van der Waals surface area contributed by atoms with Crippen molar-refractivity contribution in [3.63, 3.8) is 0 Å². The molecule has 0 unspecified atom stereocenters. The number of nitrogens with one attached hydrogen (secondary N) is 1. The Labute approximate surface area is 109 Å². The minimum atomic E-state index is -0.442. The molecule has 19 heavy (non-hydrogen) atoms. The van der Waals surface area contributed by atoms with Crippen LogP contribution in [0.2, 0.25) is 0 Å². The molecule has 1 aromatic carbocycles. The fraction of sp³-hybridized carbons (Fsp3) is 0.308. The molecule has 0 atom stereocenters. The van der Waals surface area contributed by atoms with Crippen LogP contribution >= 0.6 is 0 Å². The smallest absolute Gasteiger partial charge is 0.229 e. The molecule has 6 heteroatoms. The molecule has 0 radical (unpaired) electrons. The lowest BCUT2D eigenvalue weighted by molar-refractivity contribution is -0.138. The zero-order valence-corrected chi connectivity index (χ0v) is 10.2. The quantitative estimate of drug-likeness (QED) is 0.834. The Bertz CT molecular complexity index is 514. The molecule has 1 heterocycles. The monoisotopic (exact) mass is 264 g/mol. The summed E-state index contributed by atoms with van der Waals surface area (Å²) in [4.78, 5) is 35.3. The Kier molecular flexibility index (Phi) is 3.89. The number of rotatable bonds is 4. The number of anilines is 1. The Morgan fingerprint density at radius 2 is 1.95 bits per heavy atom. The van der Waals surface area contributed by atoms with Gasteiger partial charge in [0.05, 0.1) is 0 Å². The second kappa shape index (κ2) is 5.60. The largest absolute Gasteiger partial charge is 0.326 e. The first-order chi connectivity index (χ1) is 9.06. The molecule has 3 amide bonds.